The van der Waals surface area contributed by atoms with Gasteiger partial charge in [-0.3, -0.25) is 0 Å². The van der Waals surface area contributed by atoms with Crippen LogP contribution < -0.4 is 0 Å². The maximum absolute atomic E-state index is 13.4. The summed E-state index contributed by atoms with van der Waals surface area (Å²) in [4.78, 5) is 0. The molecule has 0 unspecified atom stereocenters. The van der Waals surface area contributed by atoms with Crippen LogP contribution in [-0.4, -0.2) is 32.7 Å². The van der Waals surface area contributed by atoms with Crippen LogP contribution in [0.4, 0.5) is 13.2 Å². The monoisotopic (exact) mass is 400 g/mol. The number of halogens is 3. The maximum Gasteiger partial charge on any atom is 0.194 e. The van der Waals surface area contributed by atoms with Gasteiger partial charge in [0.05, 0.1) is 26.4 Å². The zero-order chi connectivity index (χ0) is 19.9. The summed E-state index contributed by atoms with van der Waals surface area (Å²) < 4.78 is 62.4. The second kappa shape index (κ2) is 10.4. The molecule has 2 aliphatic heterocycles. The molecule has 2 saturated heterocycles. The van der Waals surface area contributed by atoms with E-state index in [0.717, 1.165) is 37.8 Å². The van der Waals surface area contributed by atoms with Crippen molar-refractivity contribution in [1.82, 2.24) is 0 Å². The Kier molecular flexibility index (Phi) is 7.91. The molecule has 1 aromatic rings. The topological polar surface area (TPSA) is 36.9 Å². The first-order valence-electron chi connectivity index (χ1n) is 9.84. The standard InChI is InChI=1S/C21H27F3O4/c1-2-3-4-5-14-10-25-19(26-11-14)7-6-15-12-27-21(28-13-15)16-8-17(22)20(24)18(23)9-16/h4-5,8-9,14-15,19,21H,2-3,6-7,10-13H2,1H3/b5-4+. The number of hydrogen-bond donors (Lipinski definition) is 0. The van der Waals surface area contributed by atoms with E-state index >= 15 is 0 Å². The molecule has 7 heteroatoms. The molecule has 4 nitrogen and oxygen atoms in total. The van der Waals surface area contributed by atoms with Gasteiger partial charge in [0.15, 0.2) is 30.0 Å². The van der Waals surface area contributed by atoms with Crippen LogP contribution >= 0.6 is 0 Å². The van der Waals surface area contributed by atoms with Crippen LogP contribution in [0, 0.1) is 29.3 Å². The minimum Gasteiger partial charge on any atom is -0.352 e. The maximum atomic E-state index is 13.4. The molecule has 0 N–H and O–H groups in total. The number of ether oxygens (including phenoxy) is 4. The molecule has 2 heterocycles. The minimum atomic E-state index is -1.49. The van der Waals surface area contributed by atoms with E-state index in [1.165, 1.54) is 0 Å². The Hall–Kier alpha value is -1.41. The Morgan fingerprint density at radius 3 is 2.18 bits per heavy atom. The van der Waals surface area contributed by atoms with Crippen LogP contribution in [0.15, 0.2) is 24.3 Å². The Labute approximate surface area is 163 Å². The smallest absolute Gasteiger partial charge is 0.194 e. The Balaban J connectivity index is 1.37. The van der Waals surface area contributed by atoms with E-state index in [-0.39, 0.29) is 17.8 Å². The molecular weight excluding hydrogens is 373 g/mol. The first kappa shape index (κ1) is 21.3. The van der Waals surface area contributed by atoms with Crippen molar-refractivity contribution >= 4 is 0 Å². The molecule has 0 amide bonds. The summed E-state index contributed by atoms with van der Waals surface area (Å²) in [5.41, 5.74) is 0.135. The van der Waals surface area contributed by atoms with E-state index in [1.807, 2.05) is 0 Å². The van der Waals surface area contributed by atoms with Gasteiger partial charge in [0, 0.05) is 17.4 Å². The van der Waals surface area contributed by atoms with Crippen molar-refractivity contribution in [2.24, 2.45) is 11.8 Å². The predicted molar refractivity (Wildman–Crippen MR) is 96.9 cm³/mol. The van der Waals surface area contributed by atoms with Crippen molar-refractivity contribution in [3.8, 4) is 0 Å². The third-order valence-electron chi connectivity index (χ3n) is 4.91. The van der Waals surface area contributed by atoms with E-state index < -0.39 is 23.7 Å². The van der Waals surface area contributed by atoms with Gasteiger partial charge in [0.25, 0.3) is 0 Å². The second-order valence-electron chi connectivity index (χ2n) is 7.31. The van der Waals surface area contributed by atoms with Crippen LogP contribution in [0.1, 0.15) is 44.5 Å². The fourth-order valence-corrected chi connectivity index (χ4v) is 3.28. The van der Waals surface area contributed by atoms with Crippen molar-refractivity contribution < 1.29 is 32.1 Å². The quantitative estimate of drug-likeness (QED) is 0.482. The highest BCUT2D eigenvalue weighted by molar-refractivity contribution is 5.20. The summed E-state index contributed by atoms with van der Waals surface area (Å²) in [5, 5.41) is 0. The first-order valence-corrected chi connectivity index (χ1v) is 9.84. The molecule has 0 aromatic heterocycles. The highest BCUT2D eigenvalue weighted by Gasteiger charge is 2.27. The first-order chi connectivity index (χ1) is 13.6. The van der Waals surface area contributed by atoms with Gasteiger partial charge in [-0.15, -0.1) is 0 Å². The molecule has 0 atom stereocenters. The fraction of sp³-hybridized carbons (Fsp3) is 0.619. The number of rotatable bonds is 7. The molecular formula is C21H27F3O4. The van der Waals surface area contributed by atoms with Crippen molar-refractivity contribution in [1.29, 1.82) is 0 Å². The summed E-state index contributed by atoms with van der Waals surface area (Å²) in [5.74, 6) is -3.55. The molecule has 2 aliphatic rings. The molecule has 28 heavy (non-hydrogen) atoms. The lowest BCUT2D eigenvalue weighted by Gasteiger charge is -2.32. The van der Waals surface area contributed by atoms with Gasteiger partial charge in [-0.1, -0.05) is 25.5 Å². The molecule has 0 bridgehead atoms. The minimum absolute atomic E-state index is 0.135. The van der Waals surface area contributed by atoms with Crippen LogP contribution in [-0.2, 0) is 18.9 Å². The van der Waals surface area contributed by atoms with Crippen LogP contribution in [0.5, 0.6) is 0 Å². The number of hydrogen-bond acceptors (Lipinski definition) is 4. The third-order valence-corrected chi connectivity index (χ3v) is 4.91. The Morgan fingerprint density at radius 1 is 0.929 bits per heavy atom. The Morgan fingerprint density at radius 2 is 1.57 bits per heavy atom. The van der Waals surface area contributed by atoms with Gasteiger partial charge in [-0.05, 0) is 31.4 Å². The zero-order valence-electron chi connectivity index (χ0n) is 16.0. The summed E-state index contributed by atoms with van der Waals surface area (Å²) in [6.07, 6.45) is 6.93. The average molecular weight is 400 g/mol. The summed E-state index contributed by atoms with van der Waals surface area (Å²) in [6.45, 7) is 4.24. The van der Waals surface area contributed by atoms with Gasteiger partial charge in [0.2, 0.25) is 0 Å². The summed E-state index contributed by atoms with van der Waals surface area (Å²) in [7, 11) is 0. The number of unbranched alkanes of at least 4 members (excludes halogenated alkanes) is 1. The Bertz CT molecular complexity index is 628. The van der Waals surface area contributed by atoms with Gasteiger partial charge in [0.1, 0.15) is 0 Å². The van der Waals surface area contributed by atoms with Gasteiger partial charge >= 0.3 is 0 Å². The molecule has 3 rings (SSSR count). The van der Waals surface area contributed by atoms with Crippen molar-refractivity contribution in [3.63, 3.8) is 0 Å². The van der Waals surface area contributed by atoms with Gasteiger partial charge in [-0.2, -0.15) is 0 Å². The number of allylic oxidation sites excluding steroid dienone is 1. The van der Waals surface area contributed by atoms with E-state index in [9.17, 15) is 13.2 Å². The normalized spacial score (nSPS) is 28.7. The average Bonchev–Trinajstić information content (AvgIpc) is 2.71. The molecule has 1 aromatic carbocycles. The summed E-state index contributed by atoms with van der Waals surface area (Å²) in [6, 6.07) is 1.80. The molecule has 2 fully saturated rings. The van der Waals surface area contributed by atoms with Crippen molar-refractivity contribution in [2.75, 3.05) is 26.4 Å². The zero-order valence-corrected chi connectivity index (χ0v) is 16.0. The van der Waals surface area contributed by atoms with E-state index in [4.69, 9.17) is 18.9 Å². The SMILES string of the molecule is CCC/C=C/C1COC(CCC2COC(c3cc(F)c(F)c(F)c3)OC2)OC1. The summed E-state index contributed by atoms with van der Waals surface area (Å²) >= 11 is 0. The van der Waals surface area contributed by atoms with E-state index in [2.05, 4.69) is 19.1 Å². The fourth-order valence-electron chi connectivity index (χ4n) is 3.28. The van der Waals surface area contributed by atoms with E-state index in [0.29, 0.717) is 32.3 Å². The van der Waals surface area contributed by atoms with Crippen LogP contribution in [0.25, 0.3) is 0 Å². The molecule has 0 aliphatic carbocycles. The lowest BCUT2D eigenvalue weighted by Crippen LogP contribution is -2.33. The largest absolute Gasteiger partial charge is 0.352 e. The third kappa shape index (κ3) is 5.80. The van der Waals surface area contributed by atoms with Crippen molar-refractivity contribution in [2.45, 2.75) is 45.2 Å². The number of benzene rings is 1. The van der Waals surface area contributed by atoms with Crippen molar-refractivity contribution in [3.05, 3.63) is 47.3 Å². The lowest BCUT2D eigenvalue weighted by atomic mass is 10.0. The van der Waals surface area contributed by atoms with E-state index in [1.54, 1.807) is 0 Å². The van der Waals surface area contributed by atoms with Gasteiger partial charge in [-0.25, -0.2) is 13.2 Å². The van der Waals surface area contributed by atoms with Gasteiger partial charge < -0.3 is 18.9 Å². The predicted octanol–water partition coefficient (Wildman–Crippen LogP) is 4.89. The molecule has 156 valence electrons. The highest BCUT2D eigenvalue weighted by atomic mass is 19.2. The molecule has 0 spiro atoms. The second-order valence-corrected chi connectivity index (χ2v) is 7.31. The molecule has 0 saturated carbocycles. The lowest BCUT2D eigenvalue weighted by molar-refractivity contribution is -0.217. The van der Waals surface area contributed by atoms with Crippen LogP contribution in [0.3, 0.4) is 0 Å². The molecule has 0 radical (unpaired) electrons. The van der Waals surface area contributed by atoms with Crippen LogP contribution in [0.2, 0.25) is 0 Å². The highest BCUT2D eigenvalue weighted by Crippen LogP contribution is 2.29.